The monoisotopic (exact) mass is 329 g/mol. The summed E-state index contributed by atoms with van der Waals surface area (Å²) < 4.78 is 13.7. The van der Waals surface area contributed by atoms with Crippen LogP contribution in [0.5, 0.6) is 0 Å². The van der Waals surface area contributed by atoms with Crippen molar-refractivity contribution in [3.05, 3.63) is 45.0 Å². The molecule has 0 fully saturated rings. The quantitative estimate of drug-likeness (QED) is 0.830. The Kier molecular flexibility index (Phi) is 3.82. The van der Waals surface area contributed by atoms with Crippen molar-refractivity contribution < 1.29 is 4.39 Å². The number of benzene rings is 1. The Balaban J connectivity index is 2.36. The minimum absolute atomic E-state index is 0.177. The van der Waals surface area contributed by atoms with E-state index in [-0.39, 0.29) is 11.1 Å². The molecule has 0 unspecified atom stereocenters. The molecule has 2 rings (SSSR count). The average Bonchev–Trinajstić information content (AvgIpc) is 2.24. The van der Waals surface area contributed by atoms with Crippen LogP contribution in [0.2, 0.25) is 5.28 Å². The summed E-state index contributed by atoms with van der Waals surface area (Å²) >= 11 is 8.93. The van der Waals surface area contributed by atoms with E-state index in [1.54, 1.807) is 12.1 Å². The first-order valence-corrected chi connectivity index (χ1v) is 6.36. The third-order valence-electron chi connectivity index (χ3n) is 2.36. The lowest BCUT2D eigenvalue weighted by Crippen LogP contribution is -1.99. The molecule has 6 heteroatoms. The number of aromatic nitrogens is 2. The van der Waals surface area contributed by atoms with Crippen molar-refractivity contribution in [1.82, 2.24) is 9.97 Å². The molecule has 1 heterocycles. The molecule has 0 bridgehead atoms. The van der Waals surface area contributed by atoms with Crippen molar-refractivity contribution in [2.75, 3.05) is 5.32 Å². The van der Waals surface area contributed by atoms with Crippen molar-refractivity contribution in [3.63, 3.8) is 0 Å². The Morgan fingerprint density at radius 1 is 1.22 bits per heavy atom. The van der Waals surface area contributed by atoms with Crippen LogP contribution in [0.25, 0.3) is 0 Å². The maximum Gasteiger partial charge on any atom is 0.224 e. The first-order valence-electron chi connectivity index (χ1n) is 5.19. The molecule has 0 saturated heterocycles. The zero-order valence-electron chi connectivity index (χ0n) is 9.76. The lowest BCUT2D eigenvalue weighted by Gasteiger charge is -2.10. The Morgan fingerprint density at radius 3 is 2.61 bits per heavy atom. The maximum atomic E-state index is 13.3. The number of halogens is 3. The molecule has 18 heavy (non-hydrogen) atoms. The van der Waals surface area contributed by atoms with E-state index in [1.807, 2.05) is 13.8 Å². The standard InChI is InChI=1S/C12H10BrClFN3/c1-6-3-9(15)8(13)5-10(6)17-11-4-7(2)16-12(14)18-11/h3-5H,1-2H3,(H,16,17,18). The predicted octanol–water partition coefficient (Wildman–Crippen LogP) is 4.39. The van der Waals surface area contributed by atoms with E-state index in [1.165, 1.54) is 6.07 Å². The molecule has 94 valence electrons. The average molecular weight is 331 g/mol. The van der Waals surface area contributed by atoms with Crippen LogP contribution in [-0.2, 0) is 0 Å². The molecule has 0 aliphatic rings. The van der Waals surface area contributed by atoms with Gasteiger partial charge >= 0.3 is 0 Å². The van der Waals surface area contributed by atoms with Crippen molar-refractivity contribution in [1.29, 1.82) is 0 Å². The van der Waals surface area contributed by atoms with E-state index in [0.717, 1.165) is 16.9 Å². The van der Waals surface area contributed by atoms with Crippen molar-refractivity contribution in [3.8, 4) is 0 Å². The first kappa shape index (κ1) is 13.2. The Hall–Kier alpha value is -1.20. The Morgan fingerprint density at radius 2 is 1.94 bits per heavy atom. The molecule has 1 N–H and O–H groups in total. The van der Waals surface area contributed by atoms with Crippen LogP contribution >= 0.6 is 27.5 Å². The highest BCUT2D eigenvalue weighted by Crippen LogP contribution is 2.26. The third kappa shape index (κ3) is 2.97. The van der Waals surface area contributed by atoms with Crippen LogP contribution in [0.1, 0.15) is 11.3 Å². The highest BCUT2D eigenvalue weighted by atomic mass is 79.9. The summed E-state index contributed by atoms with van der Waals surface area (Å²) in [4.78, 5) is 8.03. The summed E-state index contributed by atoms with van der Waals surface area (Å²) in [6.07, 6.45) is 0. The van der Waals surface area contributed by atoms with Gasteiger partial charge < -0.3 is 5.32 Å². The minimum atomic E-state index is -0.296. The largest absolute Gasteiger partial charge is 0.340 e. The molecule has 0 atom stereocenters. The van der Waals surface area contributed by atoms with E-state index >= 15 is 0 Å². The van der Waals surface area contributed by atoms with Gasteiger partial charge in [0.2, 0.25) is 5.28 Å². The van der Waals surface area contributed by atoms with Crippen molar-refractivity contribution in [2.45, 2.75) is 13.8 Å². The van der Waals surface area contributed by atoms with Gasteiger partial charge in [0.25, 0.3) is 0 Å². The summed E-state index contributed by atoms with van der Waals surface area (Å²) in [6, 6.07) is 4.88. The predicted molar refractivity (Wildman–Crippen MR) is 73.9 cm³/mol. The summed E-state index contributed by atoms with van der Waals surface area (Å²) in [5, 5.41) is 3.27. The topological polar surface area (TPSA) is 37.8 Å². The van der Waals surface area contributed by atoms with E-state index in [9.17, 15) is 4.39 Å². The lowest BCUT2D eigenvalue weighted by molar-refractivity contribution is 0.620. The smallest absolute Gasteiger partial charge is 0.224 e. The first-order chi connectivity index (χ1) is 8.45. The molecule has 1 aromatic carbocycles. The number of nitrogens with zero attached hydrogens (tertiary/aromatic N) is 2. The highest BCUT2D eigenvalue weighted by Gasteiger charge is 2.07. The summed E-state index contributed by atoms with van der Waals surface area (Å²) in [5.41, 5.74) is 2.30. The zero-order chi connectivity index (χ0) is 13.3. The second-order valence-corrected chi connectivity index (χ2v) is 5.06. The number of nitrogens with one attached hydrogen (secondary N) is 1. The van der Waals surface area contributed by atoms with Crippen LogP contribution in [0.3, 0.4) is 0 Å². The number of hydrogen-bond donors (Lipinski definition) is 1. The summed E-state index contributed by atoms with van der Waals surface area (Å²) in [7, 11) is 0. The highest BCUT2D eigenvalue weighted by molar-refractivity contribution is 9.10. The minimum Gasteiger partial charge on any atom is -0.340 e. The number of hydrogen-bond acceptors (Lipinski definition) is 3. The Labute approximate surface area is 118 Å². The van der Waals surface area contributed by atoms with Crippen LogP contribution in [0.15, 0.2) is 22.7 Å². The normalized spacial score (nSPS) is 10.5. The molecular formula is C12H10BrClFN3. The van der Waals surface area contributed by atoms with E-state index in [0.29, 0.717) is 10.3 Å². The van der Waals surface area contributed by atoms with Crippen molar-refractivity contribution in [2.24, 2.45) is 0 Å². The molecule has 3 nitrogen and oxygen atoms in total. The van der Waals surface area contributed by atoms with Crippen LogP contribution < -0.4 is 5.32 Å². The fourth-order valence-corrected chi connectivity index (χ4v) is 2.08. The van der Waals surface area contributed by atoms with E-state index in [2.05, 4.69) is 31.2 Å². The van der Waals surface area contributed by atoms with Crippen LogP contribution in [0, 0.1) is 19.7 Å². The van der Waals surface area contributed by atoms with Gasteiger partial charge in [0.15, 0.2) is 0 Å². The van der Waals surface area contributed by atoms with E-state index < -0.39 is 0 Å². The molecule has 2 aromatic rings. The second-order valence-electron chi connectivity index (χ2n) is 3.87. The second kappa shape index (κ2) is 5.20. The summed E-state index contributed by atoms with van der Waals surface area (Å²) in [6.45, 7) is 3.64. The molecule has 0 amide bonds. The third-order valence-corrected chi connectivity index (χ3v) is 3.13. The maximum absolute atomic E-state index is 13.3. The molecule has 0 aliphatic heterocycles. The SMILES string of the molecule is Cc1cc(Nc2cc(Br)c(F)cc2C)nc(Cl)n1. The molecular weight excluding hydrogens is 321 g/mol. The zero-order valence-corrected chi connectivity index (χ0v) is 12.1. The molecule has 0 aliphatic carbocycles. The molecule has 1 aromatic heterocycles. The number of aryl methyl sites for hydroxylation is 2. The number of rotatable bonds is 2. The van der Waals surface area contributed by atoms with Crippen LogP contribution in [0.4, 0.5) is 15.9 Å². The van der Waals surface area contributed by atoms with Gasteiger partial charge in [-0.05, 0) is 59.1 Å². The van der Waals surface area contributed by atoms with Gasteiger partial charge in [-0.1, -0.05) is 0 Å². The van der Waals surface area contributed by atoms with Gasteiger partial charge in [-0.25, -0.2) is 14.4 Å². The summed E-state index contributed by atoms with van der Waals surface area (Å²) in [5.74, 6) is 0.282. The van der Waals surface area contributed by atoms with Gasteiger partial charge in [0, 0.05) is 17.4 Å². The molecule has 0 saturated carbocycles. The van der Waals surface area contributed by atoms with Gasteiger partial charge in [-0.3, -0.25) is 0 Å². The van der Waals surface area contributed by atoms with Gasteiger partial charge in [-0.2, -0.15) is 0 Å². The fraction of sp³-hybridized carbons (Fsp3) is 0.167. The van der Waals surface area contributed by atoms with Gasteiger partial charge in [-0.15, -0.1) is 0 Å². The van der Waals surface area contributed by atoms with Crippen molar-refractivity contribution >= 4 is 39.0 Å². The molecule has 0 radical (unpaired) electrons. The Bertz CT molecular complexity index is 584. The molecule has 0 spiro atoms. The lowest BCUT2D eigenvalue weighted by atomic mass is 10.2. The fourth-order valence-electron chi connectivity index (χ4n) is 1.52. The van der Waals surface area contributed by atoms with E-state index in [4.69, 9.17) is 11.6 Å². The van der Waals surface area contributed by atoms with Gasteiger partial charge in [0.1, 0.15) is 11.6 Å². The number of anilines is 2. The van der Waals surface area contributed by atoms with Gasteiger partial charge in [0.05, 0.1) is 4.47 Å². The van der Waals surface area contributed by atoms with Crippen LogP contribution in [-0.4, -0.2) is 9.97 Å².